The van der Waals surface area contributed by atoms with Crippen molar-refractivity contribution < 1.29 is 9.53 Å². The first-order valence-electron chi connectivity index (χ1n) is 9.46. The lowest BCUT2D eigenvalue weighted by Gasteiger charge is -2.28. The summed E-state index contributed by atoms with van der Waals surface area (Å²) in [5.74, 6) is 0.370. The highest BCUT2D eigenvalue weighted by Gasteiger charge is 2.17. The molecule has 4 aromatic rings. The zero-order valence-electron chi connectivity index (χ0n) is 15.7. The maximum absolute atomic E-state index is 11.8. The van der Waals surface area contributed by atoms with Gasteiger partial charge in [0.1, 0.15) is 5.69 Å². The minimum absolute atomic E-state index is 0.274. The Morgan fingerprint density at radius 2 is 2.07 bits per heavy atom. The molecule has 3 heterocycles. The second-order valence-electron chi connectivity index (χ2n) is 6.88. The molecule has 2 aromatic heterocycles. The number of morpholine rings is 1. The summed E-state index contributed by atoms with van der Waals surface area (Å²) in [4.78, 5) is 22.2. The SMILES string of the molecule is C=CC(=O)Nc1cccc2[nH]nc(-c3nc4ccc(N5CCOCC5)cc4[nH]3)c12. The number of amides is 1. The summed E-state index contributed by atoms with van der Waals surface area (Å²) in [5, 5.41) is 11.1. The standard InChI is InChI=1S/C21H20N6O2/c1-2-18(28)22-15-4-3-5-16-19(15)20(26-25-16)21-23-14-7-6-13(12-17(14)24-21)27-8-10-29-11-9-27/h2-7,12H,1,8-11H2,(H,22,28)(H,23,24)(H,25,26). The van der Waals surface area contributed by atoms with E-state index in [1.807, 2.05) is 24.3 Å². The zero-order valence-corrected chi connectivity index (χ0v) is 15.7. The molecule has 8 nitrogen and oxygen atoms in total. The molecule has 0 bridgehead atoms. The molecule has 5 rings (SSSR count). The smallest absolute Gasteiger partial charge is 0.247 e. The van der Waals surface area contributed by atoms with Crippen LogP contribution in [-0.4, -0.2) is 52.4 Å². The number of ether oxygens (including phenoxy) is 1. The Morgan fingerprint density at radius 1 is 1.21 bits per heavy atom. The van der Waals surface area contributed by atoms with Crippen molar-refractivity contribution in [2.75, 3.05) is 36.5 Å². The lowest BCUT2D eigenvalue weighted by Crippen LogP contribution is -2.36. The molecular weight excluding hydrogens is 368 g/mol. The zero-order chi connectivity index (χ0) is 19.8. The van der Waals surface area contributed by atoms with Gasteiger partial charge < -0.3 is 19.9 Å². The summed E-state index contributed by atoms with van der Waals surface area (Å²) in [6.45, 7) is 6.75. The van der Waals surface area contributed by atoms with Gasteiger partial charge in [0.05, 0.1) is 40.8 Å². The predicted molar refractivity (Wildman–Crippen MR) is 113 cm³/mol. The molecule has 0 radical (unpaired) electrons. The topological polar surface area (TPSA) is 98.9 Å². The van der Waals surface area contributed by atoms with Crippen LogP contribution in [0.15, 0.2) is 49.1 Å². The Hall–Kier alpha value is -3.65. The van der Waals surface area contributed by atoms with Gasteiger partial charge in [-0.05, 0) is 36.4 Å². The number of imidazole rings is 1. The lowest BCUT2D eigenvalue weighted by molar-refractivity contribution is -0.111. The maximum Gasteiger partial charge on any atom is 0.247 e. The summed E-state index contributed by atoms with van der Waals surface area (Å²) >= 11 is 0. The number of anilines is 2. The Morgan fingerprint density at radius 3 is 2.90 bits per heavy atom. The number of hydrogen-bond acceptors (Lipinski definition) is 5. The van der Waals surface area contributed by atoms with Crippen LogP contribution >= 0.6 is 0 Å². The predicted octanol–water partition coefficient (Wildman–Crippen LogP) is 3.07. The van der Waals surface area contributed by atoms with E-state index in [9.17, 15) is 4.79 Å². The van der Waals surface area contributed by atoms with Gasteiger partial charge in [-0.1, -0.05) is 12.6 Å². The van der Waals surface area contributed by atoms with Crippen molar-refractivity contribution in [3.63, 3.8) is 0 Å². The Labute approximate surface area is 166 Å². The number of H-pyrrole nitrogens is 2. The van der Waals surface area contributed by atoms with Crippen LogP contribution in [0.1, 0.15) is 0 Å². The number of rotatable bonds is 4. The van der Waals surface area contributed by atoms with Crippen molar-refractivity contribution in [3.8, 4) is 11.5 Å². The Bertz CT molecular complexity index is 1220. The maximum atomic E-state index is 11.8. The number of benzene rings is 2. The molecule has 0 unspecified atom stereocenters. The number of aromatic nitrogens is 4. The van der Waals surface area contributed by atoms with Crippen LogP contribution in [0.4, 0.5) is 11.4 Å². The van der Waals surface area contributed by atoms with Crippen LogP contribution < -0.4 is 10.2 Å². The van der Waals surface area contributed by atoms with Gasteiger partial charge in [-0.25, -0.2) is 4.98 Å². The van der Waals surface area contributed by atoms with E-state index in [0.29, 0.717) is 17.2 Å². The Balaban J connectivity index is 1.57. The van der Waals surface area contributed by atoms with Gasteiger partial charge in [0.25, 0.3) is 0 Å². The minimum Gasteiger partial charge on any atom is -0.378 e. The number of aromatic amines is 2. The van der Waals surface area contributed by atoms with E-state index in [0.717, 1.165) is 53.9 Å². The number of nitrogens with one attached hydrogen (secondary N) is 3. The van der Waals surface area contributed by atoms with Gasteiger partial charge in [-0.2, -0.15) is 5.10 Å². The number of carbonyl (C=O) groups is 1. The third kappa shape index (κ3) is 3.13. The molecule has 3 N–H and O–H groups in total. The summed E-state index contributed by atoms with van der Waals surface area (Å²) in [5.41, 5.74) is 5.07. The van der Waals surface area contributed by atoms with Gasteiger partial charge in [0.15, 0.2) is 5.82 Å². The van der Waals surface area contributed by atoms with Crippen molar-refractivity contribution in [2.45, 2.75) is 0 Å². The fourth-order valence-electron chi connectivity index (χ4n) is 3.66. The van der Waals surface area contributed by atoms with Crippen LogP contribution in [0.2, 0.25) is 0 Å². The third-order valence-corrected chi connectivity index (χ3v) is 5.10. The van der Waals surface area contributed by atoms with Crippen molar-refractivity contribution in [1.82, 2.24) is 20.2 Å². The van der Waals surface area contributed by atoms with Crippen LogP contribution in [0, 0.1) is 0 Å². The molecular formula is C21H20N6O2. The van der Waals surface area contributed by atoms with Crippen LogP contribution in [0.3, 0.4) is 0 Å². The van der Waals surface area contributed by atoms with E-state index < -0.39 is 0 Å². The molecule has 0 saturated carbocycles. The molecule has 1 saturated heterocycles. The number of fused-ring (bicyclic) bond motifs is 2. The van der Waals surface area contributed by atoms with E-state index in [1.165, 1.54) is 6.08 Å². The van der Waals surface area contributed by atoms with E-state index in [1.54, 1.807) is 0 Å². The highest BCUT2D eigenvalue weighted by atomic mass is 16.5. The minimum atomic E-state index is -0.274. The van der Waals surface area contributed by atoms with E-state index in [4.69, 9.17) is 9.72 Å². The van der Waals surface area contributed by atoms with Crippen molar-refractivity contribution in [3.05, 3.63) is 49.1 Å². The van der Waals surface area contributed by atoms with Crippen LogP contribution in [0.25, 0.3) is 33.5 Å². The lowest BCUT2D eigenvalue weighted by atomic mass is 10.1. The van der Waals surface area contributed by atoms with E-state index in [2.05, 4.69) is 44.1 Å². The average Bonchev–Trinajstić information content (AvgIpc) is 3.38. The van der Waals surface area contributed by atoms with Gasteiger partial charge >= 0.3 is 0 Å². The summed E-state index contributed by atoms with van der Waals surface area (Å²) < 4.78 is 5.44. The van der Waals surface area contributed by atoms with Crippen molar-refractivity contribution in [2.24, 2.45) is 0 Å². The fraction of sp³-hybridized carbons (Fsp3) is 0.190. The molecule has 0 atom stereocenters. The van der Waals surface area contributed by atoms with Crippen molar-refractivity contribution in [1.29, 1.82) is 0 Å². The molecule has 0 spiro atoms. The third-order valence-electron chi connectivity index (χ3n) is 5.10. The quantitative estimate of drug-likeness (QED) is 0.467. The molecule has 1 aliphatic heterocycles. The number of hydrogen-bond donors (Lipinski definition) is 3. The summed E-state index contributed by atoms with van der Waals surface area (Å²) in [7, 11) is 0. The summed E-state index contributed by atoms with van der Waals surface area (Å²) in [6, 6.07) is 11.8. The normalized spacial score (nSPS) is 14.4. The van der Waals surface area contributed by atoms with E-state index >= 15 is 0 Å². The Kier molecular flexibility index (Phi) is 4.25. The highest BCUT2D eigenvalue weighted by molar-refractivity contribution is 6.09. The van der Waals surface area contributed by atoms with Gasteiger partial charge in [0.2, 0.25) is 5.91 Å². The van der Waals surface area contributed by atoms with Crippen molar-refractivity contribution >= 4 is 39.2 Å². The molecule has 2 aromatic carbocycles. The molecule has 1 fully saturated rings. The largest absolute Gasteiger partial charge is 0.378 e. The molecule has 146 valence electrons. The van der Waals surface area contributed by atoms with Gasteiger partial charge in [-0.3, -0.25) is 9.89 Å². The summed E-state index contributed by atoms with van der Waals surface area (Å²) in [6.07, 6.45) is 1.24. The molecule has 8 heteroatoms. The first kappa shape index (κ1) is 17.4. The van der Waals surface area contributed by atoms with Crippen LogP contribution in [0.5, 0.6) is 0 Å². The number of carbonyl (C=O) groups excluding carboxylic acids is 1. The first-order valence-corrected chi connectivity index (χ1v) is 9.46. The fourth-order valence-corrected chi connectivity index (χ4v) is 3.66. The highest BCUT2D eigenvalue weighted by Crippen LogP contribution is 2.32. The van der Waals surface area contributed by atoms with Gasteiger partial charge in [0, 0.05) is 18.8 Å². The molecule has 0 aliphatic carbocycles. The second-order valence-corrected chi connectivity index (χ2v) is 6.88. The molecule has 1 aliphatic rings. The monoisotopic (exact) mass is 388 g/mol. The molecule has 29 heavy (non-hydrogen) atoms. The van der Waals surface area contributed by atoms with Gasteiger partial charge in [-0.15, -0.1) is 0 Å². The van der Waals surface area contributed by atoms with Crippen LogP contribution in [-0.2, 0) is 9.53 Å². The molecule has 1 amide bonds. The number of nitrogens with zero attached hydrogens (tertiary/aromatic N) is 3. The average molecular weight is 388 g/mol. The van der Waals surface area contributed by atoms with E-state index in [-0.39, 0.29) is 5.91 Å². The first-order chi connectivity index (χ1) is 14.2. The second kappa shape index (κ2) is 7.06.